The van der Waals surface area contributed by atoms with E-state index in [1.165, 1.54) is 0 Å². The van der Waals surface area contributed by atoms with Gasteiger partial charge in [-0.15, -0.1) is 12.4 Å². The summed E-state index contributed by atoms with van der Waals surface area (Å²) < 4.78 is 5.28. The minimum absolute atomic E-state index is 0. The van der Waals surface area contributed by atoms with Gasteiger partial charge < -0.3 is 10.5 Å². The smallest absolute Gasteiger partial charge is 0.123 e. The van der Waals surface area contributed by atoms with Crippen LogP contribution in [0.15, 0.2) is 18.2 Å². The number of hydrogen-bond donors (Lipinski definition) is 1. The minimum atomic E-state index is -0.0244. The fourth-order valence-electron chi connectivity index (χ4n) is 1.53. The second kappa shape index (κ2) is 7.00. The lowest BCUT2D eigenvalue weighted by atomic mass is 9.93. The van der Waals surface area contributed by atoms with Gasteiger partial charge in [-0.3, -0.25) is 0 Å². The molecular formula is C12H19Cl2NO. The van der Waals surface area contributed by atoms with Gasteiger partial charge in [-0.1, -0.05) is 31.9 Å². The van der Waals surface area contributed by atoms with E-state index in [0.717, 1.165) is 17.7 Å². The molecular weight excluding hydrogens is 245 g/mol. The van der Waals surface area contributed by atoms with Gasteiger partial charge >= 0.3 is 0 Å². The van der Waals surface area contributed by atoms with Crippen molar-refractivity contribution in [2.24, 2.45) is 11.7 Å². The van der Waals surface area contributed by atoms with Gasteiger partial charge in [0, 0.05) is 16.6 Å². The highest BCUT2D eigenvalue weighted by atomic mass is 35.5. The summed E-state index contributed by atoms with van der Waals surface area (Å²) in [6.45, 7) is 4.26. The lowest BCUT2D eigenvalue weighted by Crippen LogP contribution is -2.19. The van der Waals surface area contributed by atoms with Crippen LogP contribution in [0.25, 0.3) is 0 Å². The highest BCUT2D eigenvalue weighted by Crippen LogP contribution is 2.31. The van der Waals surface area contributed by atoms with Gasteiger partial charge in [-0.05, 0) is 24.1 Å². The van der Waals surface area contributed by atoms with Gasteiger partial charge in [-0.2, -0.15) is 0 Å². The topological polar surface area (TPSA) is 35.2 Å². The zero-order valence-corrected chi connectivity index (χ0v) is 11.4. The van der Waals surface area contributed by atoms with E-state index in [4.69, 9.17) is 22.1 Å². The van der Waals surface area contributed by atoms with E-state index in [9.17, 15) is 0 Å². The standard InChI is InChI=1S/C12H18ClNO.ClH/c1-4-8(2)12(14)10-7-9(13)5-6-11(10)15-3;/h5-8,12H,4,14H2,1-3H3;1H/t8?,12-;/m1./s1. The van der Waals surface area contributed by atoms with Crippen molar-refractivity contribution in [2.45, 2.75) is 26.3 Å². The fourth-order valence-corrected chi connectivity index (χ4v) is 1.71. The number of ether oxygens (including phenoxy) is 1. The van der Waals surface area contributed by atoms with Crippen LogP contribution in [-0.2, 0) is 0 Å². The molecule has 0 saturated heterocycles. The third-order valence-electron chi connectivity index (χ3n) is 2.81. The summed E-state index contributed by atoms with van der Waals surface area (Å²) in [5.74, 6) is 1.23. The van der Waals surface area contributed by atoms with Crippen LogP contribution in [-0.4, -0.2) is 7.11 Å². The highest BCUT2D eigenvalue weighted by molar-refractivity contribution is 6.30. The van der Waals surface area contributed by atoms with Crippen LogP contribution in [0.1, 0.15) is 31.9 Å². The van der Waals surface area contributed by atoms with Crippen molar-refractivity contribution in [3.63, 3.8) is 0 Å². The molecule has 0 fully saturated rings. The maximum atomic E-state index is 6.16. The largest absolute Gasteiger partial charge is 0.496 e. The van der Waals surface area contributed by atoms with E-state index in [-0.39, 0.29) is 18.4 Å². The Hall–Kier alpha value is -0.440. The molecule has 0 saturated carbocycles. The lowest BCUT2D eigenvalue weighted by Gasteiger charge is -2.21. The SMILES string of the molecule is CCC(C)[C@@H](N)c1cc(Cl)ccc1OC.Cl. The molecule has 16 heavy (non-hydrogen) atoms. The van der Waals surface area contributed by atoms with E-state index in [1.807, 2.05) is 18.2 Å². The van der Waals surface area contributed by atoms with Gasteiger partial charge in [0.25, 0.3) is 0 Å². The van der Waals surface area contributed by atoms with E-state index < -0.39 is 0 Å². The maximum Gasteiger partial charge on any atom is 0.123 e. The molecule has 1 rings (SSSR count). The Labute approximate surface area is 109 Å². The van der Waals surface area contributed by atoms with E-state index in [0.29, 0.717) is 10.9 Å². The van der Waals surface area contributed by atoms with Crippen molar-refractivity contribution in [1.29, 1.82) is 0 Å². The van der Waals surface area contributed by atoms with Crippen LogP contribution >= 0.6 is 24.0 Å². The Morgan fingerprint density at radius 2 is 2.06 bits per heavy atom. The molecule has 1 aromatic rings. The van der Waals surface area contributed by atoms with Crippen LogP contribution in [0.2, 0.25) is 5.02 Å². The van der Waals surface area contributed by atoms with Crippen molar-refractivity contribution >= 4 is 24.0 Å². The van der Waals surface area contributed by atoms with Gasteiger partial charge in [-0.25, -0.2) is 0 Å². The molecule has 2 nitrogen and oxygen atoms in total. The molecule has 0 amide bonds. The highest BCUT2D eigenvalue weighted by Gasteiger charge is 2.17. The molecule has 0 spiro atoms. The minimum Gasteiger partial charge on any atom is -0.496 e. The zero-order chi connectivity index (χ0) is 11.4. The summed E-state index contributed by atoms with van der Waals surface area (Å²) in [6, 6.07) is 5.54. The van der Waals surface area contributed by atoms with Gasteiger partial charge in [0.2, 0.25) is 0 Å². The van der Waals surface area contributed by atoms with Gasteiger partial charge in [0.15, 0.2) is 0 Å². The average molecular weight is 264 g/mol. The quantitative estimate of drug-likeness (QED) is 0.897. The van der Waals surface area contributed by atoms with Crippen LogP contribution in [0.3, 0.4) is 0 Å². The zero-order valence-electron chi connectivity index (χ0n) is 9.87. The average Bonchev–Trinajstić information content (AvgIpc) is 2.27. The number of halogens is 2. The summed E-state index contributed by atoms with van der Waals surface area (Å²) in [5.41, 5.74) is 7.14. The van der Waals surface area contributed by atoms with Crippen molar-refractivity contribution in [3.05, 3.63) is 28.8 Å². The Balaban J connectivity index is 0.00000225. The molecule has 0 heterocycles. The third-order valence-corrected chi connectivity index (χ3v) is 3.04. The number of hydrogen-bond acceptors (Lipinski definition) is 2. The first kappa shape index (κ1) is 15.6. The Kier molecular flexibility index (Phi) is 6.81. The molecule has 0 aliphatic heterocycles. The monoisotopic (exact) mass is 263 g/mol. The fraction of sp³-hybridized carbons (Fsp3) is 0.500. The molecule has 1 unspecified atom stereocenters. The van der Waals surface area contributed by atoms with Crippen LogP contribution < -0.4 is 10.5 Å². The molecule has 1 aromatic carbocycles. The molecule has 0 radical (unpaired) electrons. The summed E-state index contributed by atoms with van der Waals surface area (Å²) in [5, 5.41) is 0.699. The molecule has 0 aliphatic rings. The van der Waals surface area contributed by atoms with Gasteiger partial charge in [0.1, 0.15) is 5.75 Å². The number of rotatable bonds is 4. The predicted octanol–water partition coefficient (Wildman–Crippen LogP) is 3.82. The predicted molar refractivity (Wildman–Crippen MR) is 71.6 cm³/mol. The third kappa shape index (κ3) is 3.55. The van der Waals surface area contributed by atoms with Crippen molar-refractivity contribution in [3.8, 4) is 5.75 Å². The second-order valence-electron chi connectivity index (χ2n) is 3.80. The van der Waals surface area contributed by atoms with Crippen LogP contribution in [0.4, 0.5) is 0 Å². The summed E-state index contributed by atoms with van der Waals surface area (Å²) in [6.07, 6.45) is 1.04. The number of nitrogens with two attached hydrogens (primary N) is 1. The second-order valence-corrected chi connectivity index (χ2v) is 4.23. The van der Waals surface area contributed by atoms with E-state index in [2.05, 4.69) is 13.8 Å². The Bertz CT molecular complexity index is 331. The van der Waals surface area contributed by atoms with Gasteiger partial charge in [0.05, 0.1) is 7.11 Å². The van der Waals surface area contributed by atoms with Crippen LogP contribution in [0.5, 0.6) is 5.75 Å². The molecule has 0 aromatic heterocycles. The molecule has 4 heteroatoms. The Morgan fingerprint density at radius 3 is 2.56 bits per heavy atom. The molecule has 2 N–H and O–H groups in total. The van der Waals surface area contributed by atoms with Crippen LogP contribution in [0, 0.1) is 5.92 Å². The maximum absolute atomic E-state index is 6.16. The van der Waals surface area contributed by atoms with E-state index >= 15 is 0 Å². The normalized spacial score (nSPS) is 13.8. The molecule has 2 atom stereocenters. The number of benzene rings is 1. The lowest BCUT2D eigenvalue weighted by molar-refractivity contribution is 0.388. The summed E-state index contributed by atoms with van der Waals surface area (Å²) >= 11 is 5.95. The first-order valence-electron chi connectivity index (χ1n) is 5.19. The van der Waals surface area contributed by atoms with Crippen molar-refractivity contribution in [2.75, 3.05) is 7.11 Å². The molecule has 0 aliphatic carbocycles. The Morgan fingerprint density at radius 1 is 1.44 bits per heavy atom. The first-order chi connectivity index (χ1) is 7.10. The summed E-state index contributed by atoms with van der Waals surface area (Å²) in [7, 11) is 1.65. The summed E-state index contributed by atoms with van der Waals surface area (Å²) in [4.78, 5) is 0. The molecule has 0 bridgehead atoms. The number of methoxy groups -OCH3 is 1. The first-order valence-corrected chi connectivity index (χ1v) is 5.57. The van der Waals surface area contributed by atoms with Crippen molar-refractivity contribution in [1.82, 2.24) is 0 Å². The molecule has 92 valence electrons. The van der Waals surface area contributed by atoms with E-state index in [1.54, 1.807) is 7.11 Å². The van der Waals surface area contributed by atoms with Crippen molar-refractivity contribution < 1.29 is 4.74 Å².